The van der Waals surface area contributed by atoms with Crippen molar-refractivity contribution < 1.29 is 49.1 Å². The number of aromatic hydroxyl groups is 1. The van der Waals surface area contributed by atoms with E-state index in [9.17, 15) is 44.4 Å². The molecule has 0 spiro atoms. The monoisotopic (exact) mass is 701 g/mol. The van der Waals surface area contributed by atoms with Gasteiger partial charge in [-0.25, -0.2) is 0 Å². The molecule has 4 rings (SSSR count). The Morgan fingerprint density at radius 2 is 1.43 bits per heavy atom. The van der Waals surface area contributed by atoms with Gasteiger partial charge in [0.05, 0.1) is 36.5 Å². The van der Waals surface area contributed by atoms with Crippen molar-refractivity contribution in [3.05, 3.63) is 112 Å². The number of carbonyl (C=O) groups excluding carboxylic acids is 5. The molecule has 1 aromatic carbocycles. The van der Waals surface area contributed by atoms with Gasteiger partial charge in [0.25, 0.3) is 0 Å². The molecule has 1 aromatic rings. The molecular weight excluding hydrogens is 654 g/mol. The molecule has 2 aliphatic heterocycles. The molecule has 0 saturated carbocycles. The summed E-state index contributed by atoms with van der Waals surface area (Å²) in [5, 5.41) is 45.6. The minimum absolute atomic E-state index is 0.0879. The van der Waals surface area contributed by atoms with Gasteiger partial charge in [0, 0.05) is 35.8 Å². The number of rotatable bonds is 1. The number of methoxy groups -OCH3 is 1. The summed E-state index contributed by atoms with van der Waals surface area (Å²) in [7, 11) is 1.14. The summed E-state index contributed by atoms with van der Waals surface area (Å²) in [5.41, 5.74) is -0.768. The van der Waals surface area contributed by atoms with Crippen LogP contribution in [0.2, 0.25) is 0 Å². The summed E-state index contributed by atoms with van der Waals surface area (Å²) in [6, 6.07) is 1.27. The zero-order chi connectivity index (χ0) is 38.2. The quantitative estimate of drug-likeness (QED) is 0.257. The molecule has 5 N–H and O–H groups in total. The first-order valence-corrected chi connectivity index (χ1v) is 16.7. The Labute approximate surface area is 298 Å². The lowest BCUT2D eigenvalue weighted by Gasteiger charge is -2.24. The molecule has 4 bridgehead atoms. The van der Waals surface area contributed by atoms with Crippen molar-refractivity contribution in [2.24, 2.45) is 17.8 Å². The van der Waals surface area contributed by atoms with Gasteiger partial charge < -0.3 is 30.5 Å². The number of hydrogen-bond donors (Lipinski definition) is 5. The second-order valence-corrected chi connectivity index (χ2v) is 13.0. The number of ether oxygens (including phenoxy) is 1. The van der Waals surface area contributed by atoms with Crippen molar-refractivity contribution in [1.82, 2.24) is 5.32 Å². The second kappa shape index (κ2) is 17.8. The van der Waals surface area contributed by atoms with Crippen LogP contribution in [0.25, 0.3) is 0 Å². The predicted octanol–water partition coefficient (Wildman–Crippen LogP) is 4.71. The maximum Gasteiger partial charge on any atom is 0.248 e. The molecule has 0 saturated heterocycles. The summed E-state index contributed by atoms with van der Waals surface area (Å²) in [6.45, 7) is 9.70. The number of aryl methyl sites for hydroxylation is 1. The van der Waals surface area contributed by atoms with Crippen LogP contribution in [-0.2, 0) is 14.3 Å². The third-order valence-electron chi connectivity index (χ3n) is 8.99. The smallest absolute Gasteiger partial charge is 0.248 e. The Morgan fingerprint density at radius 3 is 2.10 bits per heavy atom. The summed E-state index contributed by atoms with van der Waals surface area (Å²) in [4.78, 5) is 66.8. The van der Waals surface area contributed by atoms with E-state index in [1.165, 1.54) is 44.2 Å². The van der Waals surface area contributed by atoms with Crippen molar-refractivity contribution in [3.8, 4) is 5.75 Å². The summed E-state index contributed by atoms with van der Waals surface area (Å²) in [6.07, 6.45) is 12.3. The van der Waals surface area contributed by atoms with E-state index in [4.69, 9.17) is 4.74 Å². The fourth-order valence-corrected chi connectivity index (χ4v) is 5.71. The van der Waals surface area contributed by atoms with Gasteiger partial charge in [0.2, 0.25) is 17.5 Å². The highest BCUT2D eigenvalue weighted by Gasteiger charge is 2.39. The average Bonchev–Trinajstić information content (AvgIpc) is 3.09. The maximum absolute atomic E-state index is 13.9. The Kier molecular flexibility index (Phi) is 14.1. The van der Waals surface area contributed by atoms with Crippen LogP contribution >= 0.6 is 0 Å². The number of aliphatic hydroxyl groups excluding tert-OH is 3. The van der Waals surface area contributed by atoms with Crippen LogP contribution in [-0.4, -0.2) is 74.9 Å². The van der Waals surface area contributed by atoms with Crippen molar-refractivity contribution >= 4 is 29.0 Å². The topological polar surface area (TPSA) is 188 Å². The predicted molar refractivity (Wildman–Crippen MR) is 192 cm³/mol. The van der Waals surface area contributed by atoms with Gasteiger partial charge in [-0.15, -0.1) is 0 Å². The summed E-state index contributed by atoms with van der Waals surface area (Å²) in [5.74, 6) is -5.93. The average molecular weight is 702 g/mol. The molecule has 0 fully saturated rings. The normalized spacial score (nSPS) is 30.9. The van der Waals surface area contributed by atoms with Gasteiger partial charge in [-0.05, 0) is 50.0 Å². The number of aliphatic hydroxyl groups is 3. The zero-order valence-corrected chi connectivity index (χ0v) is 30.0. The number of ketones is 4. The van der Waals surface area contributed by atoms with Crippen LogP contribution in [0.3, 0.4) is 0 Å². The van der Waals surface area contributed by atoms with E-state index in [0.29, 0.717) is 5.57 Å². The first kappa shape index (κ1) is 40.5. The molecule has 1 amide bonds. The zero-order valence-electron chi connectivity index (χ0n) is 30.0. The molecule has 2 heterocycles. The van der Waals surface area contributed by atoms with E-state index in [0.717, 1.165) is 13.2 Å². The molecule has 0 aromatic heterocycles. The highest BCUT2D eigenvalue weighted by atomic mass is 16.5. The Morgan fingerprint density at radius 1 is 0.765 bits per heavy atom. The van der Waals surface area contributed by atoms with E-state index in [2.05, 4.69) is 5.32 Å². The van der Waals surface area contributed by atoms with E-state index >= 15 is 0 Å². The Bertz CT molecular complexity index is 1790. The van der Waals surface area contributed by atoms with Crippen molar-refractivity contribution in [2.75, 3.05) is 7.11 Å². The van der Waals surface area contributed by atoms with E-state index in [-0.39, 0.29) is 46.8 Å². The van der Waals surface area contributed by atoms with E-state index < -0.39 is 76.2 Å². The molecule has 0 unspecified atom stereocenters. The molecule has 6 atom stereocenters. The van der Waals surface area contributed by atoms with Crippen LogP contribution in [0.5, 0.6) is 5.75 Å². The number of benzene rings is 1. The van der Waals surface area contributed by atoms with Crippen molar-refractivity contribution in [1.29, 1.82) is 0 Å². The van der Waals surface area contributed by atoms with Crippen molar-refractivity contribution in [3.63, 3.8) is 0 Å². The second-order valence-electron chi connectivity index (χ2n) is 13.0. The molecule has 11 heteroatoms. The third kappa shape index (κ3) is 9.84. The van der Waals surface area contributed by atoms with Crippen LogP contribution in [0.4, 0.5) is 0 Å². The lowest BCUT2D eigenvalue weighted by atomic mass is 9.82. The molecule has 51 heavy (non-hydrogen) atoms. The number of hydrogen-bond acceptors (Lipinski definition) is 10. The van der Waals surface area contributed by atoms with Crippen molar-refractivity contribution in [2.45, 2.75) is 72.7 Å². The van der Waals surface area contributed by atoms with Crippen LogP contribution < -0.4 is 5.32 Å². The minimum Gasteiger partial charge on any atom is -0.507 e. The lowest BCUT2D eigenvalue weighted by Crippen LogP contribution is -2.35. The lowest BCUT2D eigenvalue weighted by molar-refractivity contribution is -0.118. The number of amides is 1. The number of fused-ring (bicyclic) bond motifs is 18. The molecule has 0 radical (unpaired) electrons. The molecule has 1 aliphatic carbocycles. The number of phenolic OH excluding ortho intramolecular Hbond substituents is 1. The first-order valence-electron chi connectivity index (χ1n) is 16.7. The largest absolute Gasteiger partial charge is 0.507 e. The minimum atomic E-state index is -1.01. The first-order chi connectivity index (χ1) is 24.0. The number of nitrogens with one attached hydrogen (secondary N) is 1. The standard InChI is InChI=1S/C40H47NO10/c1-21-12-10-8-9-11-13-31(45)41-34-38(49)28-19-26(6)37(48)33(32(28)39(50)40(34)51-7)36(47)25(5)18-24(4)35(46)23(3)15-17-27(42)16-14-22(2)30(44)20-29(21)43/h8-15,17-19,21,23-24,27,29,35,42-43,46,48H,16,20H2,1-7H3,(H,41,45)/b9-8-,12-10-,13-11-,17-15-,22-14-,25-18-/t21-,23-,24-,27-,29-,35-/m0/s1. The molecule has 11 nitrogen and oxygen atoms in total. The maximum atomic E-state index is 13.9. The SMILES string of the molecule is COC1=C2NC(=O)\C=C/C=C\C=C/[C@H](C)[C@@H](O)CC(=O)/C(C)=C\C[C@H](O)/C=C\[C@H](C)[C@H](O)[C@@H](C)/C=C(/C)C(=O)c3c(O)c(C)cc(c3C1=O)C2=O. The summed E-state index contributed by atoms with van der Waals surface area (Å²) < 4.78 is 5.25. The van der Waals surface area contributed by atoms with Gasteiger partial charge in [-0.3, -0.25) is 24.0 Å². The fourth-order valence-electron chi connectivity index (χ4n) is 5.71. The molecular formula is C40H47NO10. The third-order valence-corrected chi connectivity index (χ3v) is 8.99. The number of allylic oxidation sites excluding steroid dienone is 8. The van der Waals surface area contributed by atoms with Gasteiger partial charge in [-0.1, -0.05) is 75.5 Å². The van der Waals surface area contributed by atoms with Crippen LogP contribution in [0.1, 0.15) is 84.1 Å². The van der Waals surface area contributed by atoms with Gasteiger partial charge in [0.15, 0.2) is 17.3 Å². The van der Waals surface area contributed by atoms with Gasteiger partial charge in [-0.2, -0.15) is 0 Å². The molecule has 272 valence electrons. The Balaban J connectivity index is 2.08. The fraction of sp³-hybridized carbons (Fsp3) is 0.375. The molecule has 3 aliphatic rings. The number of carbonyl (C=O) groups is 5. The van der Waals surface area contributed by atoms with Gasteiger partial charge in [0.1, 0.15) is 11.4 Å². The van der Waals surface area contributed by atoms with E-state index in [1.807, 2.05) is 0 Å². The van der Waals surface area contributed by atoms with Crippen LogP contribution in [0, 0.1) is 24.7 Å². The number of phenols is 1. The Hall–Kier alpha value is -4.97. The summed E-state index contributed by atoms with van der Waals surface area (Å²) >= 11 is 0. The number of Topliss-reactive ketones (excluding diaryl/α,β-unsaturated/α-hetero) is 4. The highest BCUT2D eigenvalue weighted by Crippen LogP contribution is 2.37. The van der Waals surface area contributed by atoms with Gasteiger partial charge >= 0.3 is 0 Å². The van der Waals surface area contributed by atoms with Crippen LogP contribution in [0.15, 0.2) is 89.4 Å². The highest BCUT2D eigenvalue weighted by molar-refractivity contribution is 6.31. The van der Waals surface area contributed by atoms with E-state index in [1.54, 1.807) is 58.1 Å².